The first-order valence-corrected chi connectivity index (χ1v) is 9.59. The Morgan fingerprint density at radius 2 is 1.93 bits per heavy atom. The topological polar surface area (TPSA) is 65.5 Å². The Balaban J connectivity index is 1.99. The molecule has 0 amide bonds. The van der Waals surface area contributed by atoms with Gasteiger partial charge in [-0.05, 0) is 31.0 Å². The Kier molecular flexibility index (Phi) is 6.52. The molecule has 6 nitrogen and oxygen atoms in total. The van der Waals surface area contributed by atoms with Crippen molar-refractivity contribution in [1.82, 2.24) is 9.97 Å². The van der Waals surface area contributed by atoms with Crippen LogP contribution in [0, 0.1) is 0 Å². The molecule has 0 bridgehead atoms. The summed E-state index contributed by atoms with van der Waals surface area (Å²) in [5.41, 5.74) is 3.48. The number of methoxy groups -OCH3 is 2. The lowest BCUT2D eigenvalue weighted by molar-refractivity contribution is 0.0795. The van der Waals surface area contributed by atoms with E-state index < -0.39 is 0 Å². The van der Waals surface area contributed by atoms with Gasteiger partial charge in [-0.15, -0.1) is 0 Å². The molecular formula is C20H26ClN3O3. The molecule has 7 heteroatoms. The fourth-order valence-corrected chi connectivity index (χ4v) is 3.48. The average molecular weight is 392 g/mol. The SMILES string of the molecule is CCc1nc(-c2ccc(OC)cc2Cl)c(CC)nc1N[C@H]1COC[C@H]1OC. The predicted molar refractivity (Wildman–Crippen MR) is 107 cm³/mol. The van der Waals surface area contributed by atoms with E-state index in [0.29, 0.717) is 18.2 Å². The maximum atomic E-state index is 6.49. The average Bonchev–Trinajstić information content (AvgIpc) is 3.14. The zero-order valence-corrected chi connectivity index (χ0v) is 17.0. The van der Waals surface area contributed by atoms with Crippen LogP contribution in [0.4, 0.5) is 5.82 Å². The Morgan fingerprint density at radius 3 is 2.56 bits per heavy atom. The third kappa shape index (κ3) is 4.18. The number of hydrogen-bond acceptors (Lipinski definition) is 6. The number of nitrogens with zero attached hydrogens (tertiary/aromatic N) is 2. The Labute approximate surface area is 165 Å². The van der Waals surface area contributed by atoms with E-state index in [1.54, 1.807) is 20.3 Å². The second-order valence-corrected chi connectivity index (χ2v) is 6.84. The summed E-state index contributed by atoms with van der Waals surface area (Å²) in [5.74, 6) is 1.51. The van der Waals surface area contributed by atoms with Crippen molar-refractivity contribution < 1.29 is 14.2 Å². The molecule has 2 heterocycles. The summed E-state index contributed by atoms with van der Waals surface area (Å²) < 4.78 is 16.3. The molecule has 146 valence electrons. The molecule has 1 aromatic heterocycles. The molecule has 1 N–H and O–H groups in total. The molecule has 1 aliphatic heterocycles. The largest absolute Gasteiger partial charge is 0.497 e. The molecule has 1 aromatic carbocycles. The number of halogens is 1. The minimum atomic E-state index is 0.0114. The maximum absolute atomic E-state index is 6.49. The molecule has 0 spiro atoms. The van der Waals surface area contributed by atoms with E-state index in [2.05, 4.69) is 19.2 Å². The van der Waals surface area contributed by atoms with Crippen LogP contribution in [0.5, 0.6) is 5.75 Å². The van der Waals surface area contributed by atoms with Crippen molar-refractivity contribution in [2.24, 2.45) is 0 Å². The molecule has 1 aliphatic rings. The van der Waals surface area contributed by atoms with Gasteiger partial charge in [0.2, 0.25) is 0 Å². The number of ether oxygens (including phenoxy) is 3. The van der Waals surface area contributed by atoms with E-state index in [4.69, 9.17) is 35.8 Å². The fourth-order valence-electron chi connectivity index (χ4n) is 3.22. The molecule has 2 atom stereocenters. The van der Waals surface area contributed by atoms with Crippen molar-refractivity contribution in [3.63, 3.8) is 0 Å². The molecule has 27 heavy (non-hydrogen) atoms. The third-order valence-electron chi connectivity index (χ3n) is 4.79. The van der Waals surface area contributed by atoms with E-state index in [9.17, 15) is 0 Å². The minimum absolute atomic E-state index is 0.0114. The summed E-state index contributed by atoms with van der Waals surface area (Å²) in [5, 5.41) is 4.07. The van der Waals surface area contributed by atoms with Crippen molar-refractivity contribution in [3.8, 4) is 17.0 Å². The van der Waals surface area contributed by atoms with Crippen LogP contribution in [-0.2, 0) is 22.3 Å². The summed E-state index contributed by atoms with van der Waals surface area (Å²) in [6, 6.07) is 5.69. The quantitative estimate of drug-likeness (QED) is 0.775. The summed E-state index contributed by atoms with van der Waals surface area (Å²) in [4.78, 5) is 9.79. The van der Waals surface area contributed by atoms with Crippen molar-refractivity contribution in [2.45, 2.75) is 38.8 Å². The van der Waals surface area contributed by atoms with E-state index in [1.165, 1.54) is 0 Å². The first-order valence-electron chi connectivity index (χ1n) is 9.21. The summed E-state index contributed by atoms with van der Waals surface area (Å²) in [6.45, 7) is 5.32. The second kappa shape index (κ2) is 8.87. The van der Waals surface area contributed by atoms with Crippen LogP contribution in [-0.4, -0.2) is 49.5 Å². The smallest absolute Gasteiger partial charge is 0.148 e. The molecule has 3 rings (SSSR count). The first-order chi connectivity index (χ1) is 13.1. The standard InChI is InChI=1S/C20H26ClN3O3/c1-5-15-19(13-8-7-12(25-3)9-14(13)21)22-16(6-2)20(23-15)24-17-10-27-11-18(17)26-4/h7-9,17-18H,5-6,10-11H2,1-4H3,(H,23,24)/t17-,18+/m0/s1. The Bertz CT molecular complexity index is 800. The molecule has 2 aromatic rings. The molecule has 0 radical (unpaired) electrons. The van der Waals surface area contributed by atoms with Crippen LogP contribution >= 0.6 is 11.6 Å². The van der Waals surface area contributed by atoms with Gasteiger partial charge in [-0.1, -0.05) is 25.4 Å². The number of benzene rings is 1. The lowest BCUT2D eigenvalue weighted by Gasteiger charge is -2.21. The molecular weight excluding hydrogens is 366 g/mol. The van der Waals surface area contributed by atoms with E-state index in [0.717, 1.165) is 47.1 Å². The van der Waals surface area contributed by atoms with Crippen molar-refractivity contribution in [3.05, 3.63) is 34.6 Å². The number of anilines is 1. The van der Waals surface area contributed by atoms with Gasteiger partial charge >= 0.3 is 0 Å². The van der Waals surface area contributed by atoms with Crippen LogP contribution < -0.4 is 10.1 Å². The minimum Gasteiger partial charge on any atom is -0.497 e. The number of aromatic nitrogens is 2. The number of rotatable bonds is 7. The van der Waals surface area contributed by atoms with Crippen LogP contribution in [0.15, 0.2) is 18.2 Å². The van der Waals surface area contributed by atoms with Crippen molar-refractivity contribution >= 4 is 17.4 Å². The van der Waals surface area contributed by atoms with Gasteiger partial charge in [-0.25, -0.2) is 9.97 Å². The van der Waals surface area contributed by atoms with Gasteiger partial charge in [-0.2, -0.15) is 0 Å². The van der Waals surface area contributed by atoms with E-state index >= 15 is 0 Å². The van der Waals surface area contributed by atoms with Gasteiger partial charge < -0.3 is 19.5 Å². The van der Waals surface area contributed by atoms with E-state index in [-0.39, 0.29) is 12.1 Å². The van der Waals surface area contributed by atoms with Crippen LogP contribution in [0.3, 0.4) is 0 Å². The fraction of sp³-hybridized carbons (Fsp3) is 0.500. The van der Waals surface area contributed by atoms with Crippen molar-refractivity contribution in [2.75, 3.05) is 32.8 Å². The van der Waals surface area contributed by atoms with Crippen molar-refractivity contribution in [1.29, 1.82) is 0 Å². The lowest BCUT2D eigenvalue weighted by atomic mass is 10.1. The van der Waals surface area contributed by atoms with Gasteiger partial charge in [0, 0.05) is 12.7 Å². The molecule has 0 unspecified atom stereocenters. The Hall–Kier alpha value is -1.89. The number of aryl methyl sites for hydroxylation is 2. The van der Waals surface area contributed by atoms with Crippen LogP contribution in [0.25, 0.3) is 11.3 Å². The molecule has 1 saturated heterocycles. The molecule has 0 saturated carbocycles. The first kappa shape index (κ1) is 19.9. The van der Waals surface area contributed by atoms with Gasteiger partial charge in [0.15, 0.2) is 0 Å². The number of hydrogen-bond donors (Lipinski definition) is 1. The third-order valence-corrected chi connectivity index (χ3v) is 5.11. The van der Waals surface area contributed by atoms with Gasteiger partial charge in [0.05, 0.1) is 48.5 Å². The summed E-state index contributed by atoms with van der Waals surface area (Å²) in [7, 11) is 3.32. The highest BCUT2D eigenvalue weighted by Crippen LogP contribution is 2.33. The number of nitrogens with one attached hydrogen (secondary N) is 1. The maximum Gasteiger partial charge on any atom is 0.148 e. The molecule has 1 fully saturated rings. The zero-order valence-electron chi connectivity index (χ0n) is 16.2. The Morgan fingerprint density at radius 1 is 1.15 bits per heavy atom. The summed E-state index contributed by atoms with van der Waals surface area (Å²) in [6.07, 6.45) is 1.51. The molecule has 0 aliphatic carbocycles. The van der Waals surface area contributed by atoms with Crippen LogP contribution in [0.2, 0.25) is 5.02 Å². The van der Waals surface area contributed by atoms with E-state index in [1.807, 2.05) is 12.1 Å². The van der Waals surface area contributed by atoms with Gasteiger partial charge in [0.25, 0.3) is 0 Å². The van der Waals surface area contributed by atoms with Gasteiger partial charge in [-0.3, -0.25) is 0 Å². The monoisotopic (exact) mass is 391 g/mol. The highest BCUT2D eigenvalue weighted by atomic mass is 35.5. The predicted octanol–water partition coefficient (Wildman–Crippen LogP) is 3.76. The highest BCUT2D eigenvalue weighted by molar-refractivity contribution is 6.33. The summed E-state index contributed by atoms with van der Waals surface area (Å²) >= 11 is 6.49. The zero-order chi connectivity index (χ0) is 19.4. The lowest BCUT2D eigenvalue weighted by Crippen LogP contribution is -2.34. The van der Waals surface area contributed by atoms with Crippen LogP contribution in [0.1, 0.15) is 25.2 Å². The normalized spacial score (nSPS) is 19.3. The highest BCUT2D eigenvalue weighted by Gasteiger charge is 2.29. The second-order valence-electron chi connectivity index (χ2n) is 6.43. The van der Waals surface area contributed by atoms with Gasteiger partial charge in [0.1, 0.15) is 17.7 Å².